The van der Waals surface area contributed by atoms with Crippen molar-refractivity contribution >= 4 is 11.9 Å². The second-order valence-electron chi connectivity index (χ2n) is 3.85. The topological polar surface area (TPSA) is 64.6 Å². The van der Waals surface area contributed by atoms with E-state index in [1.165, 1.54) is 7.11 Å². The van der Waals surface area contributed by atoms with Crippen LogP contribution < -0.4 is 10.1 Å². The molecule has 0 radical (unpaired) electrons. The summed E-state index contributed by atoms with van der Waals surface area (Å²) in [4.78, 5) is 22.2. The molecule has 0 saturated carbocycles. The van der Waals surface area contributed by atoms with Crippen LogP contribution in [0.1, 0.15) is 16.7 Å². The van der Waals surface area contributed by atoms with Gasteiger partial charge in [0.25, 0.3) is 0 Å². The number of carbonyl (C=O) groups excluding carboxylic acids is 2. The summed E-state index contributed by atoms with van der Waals surface area (Å²) < 4.78 is 9.52. The van der Waals surface area contributed by atoms with Gasteiger partial charge in [0, 0.05) is 6.54 Å². The van der Waals surface area contributed by atoms with Crippen LogP contribution in [0.5, 0.6) is 5.75 Å². The molecule has 1 rings (SSSR count). The first-order valence-electron chi connectivity index (χ1n) is 5.50. The molecule has 1 amide bonds. The predicted molar refractivity (Wildman–Crippen MR) is 66.3 cm³/mol. The van der Waals surface area contributed by atoms with E-state index in [9.17, 15) is 9.59 Å². The molecule has 1 N–H and O–H groups in total. The minimum absolute atomic E-state index is 0.282. The second kappa shape index (κ2) is 6.05. The maximum absolute atomic E-state index is 11.3. The molecule has 0 atom stereocenters. The van der Waals surface area contributed by atoms with Crippen molar-refractivity contribution in [2.75, 3.05) is 14.2 Å². The molecule has 1 aromatic carbocycles. The van der Waals surface area contributed by atoms with Crippen molar-refractivity contribution in [1.82, 2.24) is 5.32 Å². The summed E-state index contributed by atoms with van der Waals surface area (Å²) in [6.07, 6.45) is 0. The molecule has 5 heteroatoms. The predicted octanol–water partition coefficient (Wildman–Crippen LogP) is 1.10. The van der Waals surface area contributed by atoms with Crippen molar-refractivity contribution in [3.8, 4) is 5.75 Å². The first kappa shape index (κ1) is 14.0. The fourth-order valence-electron chi connectivity index (χ4n) is 1.60. The van der Waals surface area contributed by atoms with Gasteiger partial charge in [0.1, 0.15) is 5.75 Å². The van der Waals surface area contributed by atoms with Crippen LogP contribution in [0.15, 0.2) is 12.1 Å². The molecular formula is C13H17NO4. The lowest BCUT2D eigenvalue weighted by atomic mass is 10.0. The average Bonchev–Trinajstić information content (AvgIpc) is 2.39. The zero-order chi connectivity index (χ0) is 13.7. The van der Waals surface area contributed by atoms with Gasteiger partial charge in [-0.1, -0.05) is 6.07 Å². The third-order valence-corrected chi connectivity index (χ3v) is 2.88. The molecule has 0 bridgehead atoms. The van der Waals surface area contributed by atoms with Crippen molar-refractivity contribution in [2.45, 2.75) is 20.4 Å². The number of hydrogen-bond donors (Lipinski definition) is 1. The van der Waals surface area contributed by atoms with E-state index in [4.69, 9.17) is 4.74 Å². The number of rotatable bonds is 3. The molecule has 1 aromatic rings. The third kappa shape index (κ3) is 3.00. The normalized spacial score (nSPS) is 9.78. The molecule has 0 aliphatic rings. The Morgan fingerprint density at radius 3 is 2.39 bits per heavy atom. The molecule has 0 aliphatic heterocycles. The maximum atomic E-state index is 11.3. The van der Waals surface area contributed by atoms with E-state index in [2.05, 4.69) is 10.1 Å². The zero-order valence-corrected chi connectivity index (χ0v) is 11.0. The number of ether oxygens (including phenoxy) is 2. The lowest BCUT2D eigenvalue weighted by Crippen LogP contribution is -2.31. The van der Waals surface area contributed by atoms with Gasteiger partial charge in [-0.2, -0.15) is 0 Å². The van der Waals surface area contributed by atoms with Gasteiger partial charge in [-0.25, -0.2) is 4.79 Å². The lowest BCUT2D eigenvalue weighted by molar-refractivity contribution is -0.152. The Hall–Kier alpha value is -2.04. The van der Waals surface area contributed by atoms with Crippen LogP contribution in [0, 0.1) is 13.8 Å². The smallest absolute Gasteiger partial charge is 0.396 e. The molecular weight excluding hydrogens is 234 g/mol. The highest BCUT2D eigenvalue weighted by molar-refractivity contribution is 6.32. The van der Waals surface area contributed by atoms with Gasteiger partial charge in [0.05, 0.1) is 14.2 Å². The second-order valence-corrected chi connectivity index (χ2v) is 3.85. The lowest BCUT2D eigenvalue weighted by Gasteiger charge is -2.12. The van der Waals surface area contributed by atoms with Crippen molar-refractivity contribution in [3.05, 3.63) is 28.8 Å². The first-order chi connectivity index (χ1) is 8.51. The van der Waals surface area contributed by atoms with Gasteiger partial charge in [0.15, 0.2) is 0 Å². The number of esters is 1. The highest BCUT2D eigenvalue weighted by Gasteiger charge is 2.14. The molecule has 5 nitrogen and oxygen atoms in total. The van der Waals surface area contributed by atoms with E-state index in [0.29, 0.717) is 0 Å². The zero-order valence-electron chi connectivity index (χ0n) is 11.0. The summed E-state index contributed by atoms with van der Waals surface area (Å²) in [6.45, 7) is 4.17. The van der Waals surface area contributed by atoms with E-state index in [1.54, 1.807) is 7.11 Å². The maximum Gasteiger partial charge on any atom is 0.396 e. The van der Waals surface area contributed by atoms with Crippen LogP contribution in [0.25, 0.3) is 0 Å². The molecule has 0 aliphatic carbocycles. The molecule has 0 spiro atoms. The summed E-state index contributed by atoms with van der Waals surface area (Å²) in [5, 5.41) is 2.50. The number of benzene rings is 1. The number of hydrogen-bond acceptors (Lipinski definition) is 4. The quantitative estimate of drug-likeness (QED) is 0.645. The van der Waals surface area contributed by atoms with Crippen LogP contribution in [0.4, 0.5) is 0 Å². The monoisotopic (exact) mass is 251 g/mol. The summed E-state index contributed by atoms with van der Waals surface area (Å²) in [7, 11) is 2.78. The molecule has 0 heterocycles. The molecule has 0 unspecified atom stereocenters. The van der Waals surface area contributed by atoms with Crippen molar-refractivity contribution in [1.29, 1.82) is 0 Å². The van der Waals surface area contributed by atoms with E-state index in [1.807, 2.05) is 26.0 Å². The summed E-state index contributed by atoms with van der Waals surface area (Å²) >= 11 is 0. The number of nitrogens with one attached hydrogen (secondary N) is 1. The highest BCUT2D eigenvalue weighted by Crippen LogP contribution is 2.23. The van der Waals surface area contributed by atoms with Gasteiger partial charge in [-0.05, 0) is 36.6 Å². The molecule has 0 fully saturated rings. The Morgan fingerprint density at radius 2 is 1.83 bits per heavy atom. The number of methoxy groups -OCH3 is 2. The summed E-state index contributed by atoms with van der Waals surface area (Å²) in [5.74, 6) is -0.834. The van der Waals surface area contributed by atoms with Gasteiger partial charge in [0.2, 0.25) is 0 Å². The van der Waals surface area contributed by atoms with E-state index < -0.39 is 11.9 Å². The Labute approximate surface area is 106 Å². The molecule has 0 saturated heterocycles. The molecule has 0 aromatic heterocycles. The minimum Gasteiger partial charge on any atom is -0.496 e. The summed E-state index contributed by atoms with van der Waals surface area (Å²) in [6, 6.07) is 3.70. The highest BCUT2D eigenvalue weighted by atomic mass is 16.5. The number of amides is 1. The third-order valence-electron chi connectivity index (χ3n) is 2.88. The Balaban J connectivity index is 2.78. The summed E-state index contributed by atoms with van der Waals surface area (Å²) in [5.41, 5.74) is 2.98. The standard InChI is InChI=1S/C13H17NO4/c1-8-9(2)11(17-3)6-5-10(8)7-14-12(15)13(16)18-4/h5-6H,7H2,1-4H3,(H,14,15). The van der Waals surface area contributed by atoms with Crippen molar-refractivity contribution < 1.29 is 19.1 Å². The van der Waals surface area contributed by atoms with Gasteiger partial charge in [-0.3, -0.25) is 4.79 Å². The van der Waals surface area contributed by atoms with Crippen LogP contribution in [-0.2, 0) is 20.9 Å². The van der Waals surface area contributed by atoms with Crippen LogP contribution in [0.2, 0.25) is 0 Å². The van der Waals surface area contributed by atoms with E-state index >= 15 is 0 Å². The molecule has 98 valence electrons. The van der Waals surface area contributed by atoms with Gasteiger partial charge >= 0.3 is 11.9 Å². The number of carbonyl (C=O) groups is 2. The van der Waals surface area contributed by atoms with Crippen molar-refractivity contribution in [2.24, 2.45) is 0 Å². The fraction of sp³-hybridized carbons (Fsp3) is 0.385. The van der Waals surface area contributed by atoms with Crippen molar-refractivity contribution in [3.63, 3.8) is 0 Å². The van der Waals surface area contributed by atoms with E-state index in [-0.39, 0.29) is 6.54 Å². The van der Waals surface area contributed by atoms with Crippen LogP contribution in [0.3, 0.4) is 0 Å². The Morgan fingerprint density at radius 1 is 1.17 bits per heavy atom. The SMILES string of the molecule is COC(=O)C(=O)NCc1ccc(OC)c(C)c1C. The van der Waals surface area contributed by atoms with E-state index in [0.717, 1.165) is 22.4 Å². The van der Waals surface area contributed by atoms with Gasteiger partial charge in [-0.15, -0.1) is 0 Å². The Bertz CT molecular complexity index is 468. The minimum atomic E-state index is -0.891. The average molecular weight is 251 g/mol. The first-order valence-corrected chi connectivity index (χ1v) is 5.50. The largest absolute Gasteiger partial charge is 0.496 e. The van der Waals surface area contributed by atoms with Crippen LogP contribution >= 0.6 is 0 Å². The molecule has 18 heavy (non-hydrogen) atoms. The fourth-order valence-corrected chi connectivity index (χ4v) is 1.60. The van der Waals surface area contributed by atoms with Crippen LogP contribution in [-0.4, -0.2) is 26.1 Å². The Kier molecular flexibility index (Phi) is 4.71. The van der Waals surface area contributed by atoms with Gasteiger partial charge < -0.3 is 14.8 Å².